The van der Waals surface area contributed by atoms with Crippen molar-refractivity contribution >= 4 is 0 Å². The minimum atomic E-state index is 0.644. The maximum Gasteiger partial charge on any atom is 0.0245 e. The minimum Gasteiger partial charge on any atom is -0.313 e. The third-order valence-electron chi connectivity index (χ3n) is 3.62. The SMILES string of the molecule is CC#CCC(NCCC)C1CCCCCC1. The largest absolute Gasteiger partial charge is 0.313 e. The third-order valence-corrected chi connectivity index (χ3v) is 3.62. The molecule has 1 unspecified atom stereocenters. The lowest BCUT2D eigenvalue weighted by Crippen LogP contribution is -2.36. The van der Waals surface area contributed by atoms with Gasteiger partial charge in [0.25, 0.3) is 0 Å². The van der Waals surface area contributed by atoms with Gasteiger partial charge in [0.2, 0.25) is 0 Å². The van der Waals surface area contributed by atoms with Crippen molar-refractivity contribution < 1.29 is 0 Å². The van der Waals surface area contributed by atoms with Gasteiger partial charge in [-0.3, -0.25) is 0 Å². The van der Waals surface area contributed by atoms with Crippen LogP contribution in [0.4, 0.5) is 0 Å². The van der Waals surface area contributed by atoms with E-state index >= 15 is 0 Å². The molecule has 16 heavy (non-hydrogen) atoms. The molecule has 1 atom stereocenters. The molecule has 1 rings (SSSR count). The summed E-state index contributed by atoms with van der Waals surface area (Å²) in [6.45, 7) is 5.33. The first kappa shape index (κ1) is 13.6. The highest BCUT2D eigenvalue weighted by atomic mass is 14.9. The zero-order valence-electron chi connectivity index (χ0n) is 11.0. The van der Waals surface area contributed by atoms with Crippen LogP contribution in [0, 0.1) is 17.8 Å². The Hall–Kier alpha value is -0.480. The maximum atomic E-state index is 3.70. The molecule has 0 aliphatic heterocycles. The lowest BCUT2D eigenvalue weighted by Gasteiger charge is -2.25. The van der Waals surface area contributed by atoms with Crippen molar-refractivity contribution in [1.82, 2.24) is 5.32 Å². The highest BCUT2D eigenvalue weighted by Gasteiger charge is 2.21. The molecule has 0 aromatic rings. The quantitative estimate of drug-likeness (QED) is 0.551. The van der Waals surface area contributed by atoms with Crippen molar-refractivity contribution in [2.24, 2.45) is 5.92 Å². The van der Waals surface area contributed by atoms with Crippen LogP contribution in [0.25, 0.3) is 0 Å². The zero-order chi connectivity index (χ0) is 11.6. The topological polar surface area (TPSA) is 12.0 Å². The molecular formula is C15H27N. The first-order valence-electron chi connectivity index (χ1n) is 7.01. The van der Waals surface area contributed by atoms with Crippen LogP contribution in [0.1, 0.15) is 65.2 Å². The summed E-state index contributed by atoms with van der Waals surface area (Å²) in [5, 5.41) is 3.70. The fraction of sp³-hybridized carbons (Fsp3) is 0.867. The van der Waals surface area contributed by atoms with Crippen molar-refractivity contribution in [2.75, 3.05) is 6.54 Å². The van der Waals surface area contributed by atoms with E-state index < -0.39 is 0 Å². The van der Waals surface area contributed by atoms with Crippen molar-refractivity contribution in [3.8, 4) is 11.8 Å². The van der Waals surface area contributed by atoms with Gasteiger partial charge >= 0.3 is 0 Å². The van der Waals surface area contributed by atoms with Gasteiger partial charge in [-0.1, -0.05) is 32.6 Å². The van der Waals surface area contributed by atoms with Gasteiger partial charge in [-0.25, -0.2) is 0 Å². The molecule has 1 N–H and O–H groups in total. The molecule has 0 heterocycles. The Bertz CT molecular complexity index is 215. The molecule has 1 nitrogen and oxygen atoms in total. The van der Waals surface area contributed by atoms with Crippen molar-refractivity contribution in [2.45, 2.75) is 71.3 Å². The molecule has 1 fully saturated rings. The molecule has 0 aromatic carbocycles. The summed E-state index contributed by atoms with van der Waals surface area (Å²) in [4.78, 5) is 0. The van der Waals surface area contributed by atoms with E-state index in [9.17, 15) is 0 Å². The maximum absolute atomic E-state index is 3.70. The van der Waals surface area contributed by atoms with Crippen molar-refractivity contribution in [3.63, 3.8) is 0 Å². The lowest BCUT2D eigenvalue weighted by atomic mass is 9.90. The van der Waals surface area contributed by atoms with Gasteiger partial charge in [-0.05, 0) is 38.6 Å². The van der Waals surface area contributed by atoms with E-state index in [4.69, 9.17) is 0 Å². The van der Waals surface area contributed by atoms with E-state index in [1.807, 2.05) is 6.92 Å². The van der Waals surface area contributed by atoms with Gasteiger partial charge in [0, 0.05) is 12.5 Å². The summed E-state index contributed by atoms with van der Waals surface area (Å²) in [6.07, 6.45) is 10.8. The number of nitrogens with one attached hydrogen (secondary N) is 1. The van der Waals surface area contributed by atoms with E-state index in [-0.39, 0.29) is 0 Å². The predicted octanol–water partition coefficient (Wildman–Crippen LogP) is 3.74. The molecule has 1 aliphatic rings. The first-order valence-corrected chi connectivity index (χ1v) is 7.01. The van der Waals surface area contributed by atoms with Crippen LogP contribution in [-0.2, 0) is 0 Å². The van der Waals surface area contributed by atoms with E-state index in [0.29, 0.717) is 6.04 Å². The molecule has 1 aliphatic carbocycles. The van der Waals surface area contributed by atoms with Gasteiger partial charge in [-0.2, -0.15) is 0 Å². The highest BCUT2D eigenvalue weighted by Crippen LogP contribution is 2.26. The Balaban J connectivity index is 2.45. The highest BCUT2D eigenvalue weighted by molar-refractivity contribution is 4.99. The Morgan fingerprint density at radius 3 is 2.44 bits per heavy atom. The first-order chi connectivity index (χ1) is 7.88. The summed E-state index contributed by atoms with van der Waals surface area (Å²) < 4.78 is 0. The van der Waals surface area contributed by atoms with Crippen LogP contribution in [0.2, 0.25) is 0 Å². The normalized spacial score (nSPS) is 19.6. The number of hydrogen-bond donors (Lipinski definition) is 1. The van der Waals surface area contributed by atoms with Crippen LogP contribution in [0.3, 0.4) is 0 Å². The fourth-order valence-corrected chi connectivity index (χ4v) is 2.66. The monoisotopic (exact) mass is 221 g/mol. The zero-order valence-corrected chi connectivity index (χ0v) is 11.0. The van der Waals surface area contributed by atoms with E-state index in [1.54, 1.807) is 0 Å². The molecule has 0 bridgehead atoms. The van der Waals surface area contributed by atoms with Gasteiger partial charge in [0.15, 0.2) is 0 Å². The molecule has 0 amide bonds. The van der Waals surface area contributed by atoms with Crippen molar-refractivity contribution in [1.29, 1.82) is 0 Å². The smallest absolute Gasteiger partial charge is 0.0245 e. The Labute approximate surface area is 101 Å². The van der Waals surface area contributed by atoms with Gasteiger partial charge < -0.3 is 5.32 Å². The summed E-state index contributed by atoms with van der Waals surface area (Å²) in [7, 11) is 0. The Kier molecular flexibility index (Phi) is 7.34. The summed E-state index contributed by atoms with van der Waals surface area (Å²) in [5.41, 5.74) is 0. The molecule has 1 saturated carbocycles. The van der Waals surface area contributed by atoms with E-state index in [0.717, 1.165) is 18.9 Å². The molecule has 0 spiro atoms. The van der Waals surface area contributed by atoms with Crippen LogP contribution in [-0.4, -0.2) is 12.6 Å². The average Bonchev–Trinajstić information content (AvgIpc) is 2.58. The lowest BCUT2D eigenvalue weighted by molar-refractivity contribution is 0.323. The molecule has 0 saturated heterocycles. The van der Waals surface area contributed by atoms with Gasteiger partial charge in [0.05, 0.1) is 0 Å². The average molecular weight is 221 g/mol. The fourth-order valence-electron chi connectivity index (χ4n) is 2.66. The van der Waals surface area contributed by atoms with E-state index in [2.05, 4.69) is 24.1 Å². The van der Waals surface area contributed by atoms with Gasteiger partial charge in [-0.15, -0.1) is 11.8 Å². The second-order valence-electron chi connectivity index (χ2n) is 4.94. The number of hydrogen-bond acceptors (Lipinski definition) is 1. The summed E-state index contributed by atoms with van der Waals surface area (Å²) in [6, 6.07) is 0.644. The summed E-state index contributed by atoms with van der Waals surface area (Å²) in [5.74, 6) is 7.17. The second kappa shape index (κ2) is 8.65. The summed E-state index contributed by atoms with van der Waals surface area (Å²) >= 11 is 0. The van der Waals surface area contributed by atoms with Gasteiger partial charge in [0.1, 0.15) is 0 Å². The standard InChI is InChI=1S/C15H27N/c1-3-5-12-15(16-13-4-2)14-10-8-6-7-9-11-14/h14-16H,4,6-13H2,1-2H3. The Morgan fingerprint density at radius 2 is 1.88 bits per heavy atom. The Morgan fingerprint density at radius 1 is 1.19 bits per heavy atom. The predicted molar refractivity (Wildman–Crippen MR) is 71.3 cm³/mol. The second-order valence-corrected chi connectivity index (χ2v) is 4.94. The number of rotatable bonds is 5. The van der Waals surface area contributed by atoms with Crippen LogP contribution in [0.15, 0.2) is 0 Å². The molecular weight excluding hydrogens is 194 g/mol. The molecule has 0 aromatic heterocycles. The third kappa shape index (κ3) is 5.03. The van der Waals surface area contributed by atoms with Crippen molar-refractivity contribution in [3.05, 3.63) is 0 Å². The van der Waals surface area contributed by atoms with Crippen LogP contribution in [0.5, 0.6) is 0 Å². The molecule has 1 heteroatoms. The minimum absolute atomic E-state index is 0.644. The van der Waals surface area contributed by atoms with Crippen LogP contribution < -0.4 is 5.32 Å². The molecule has 0 radical (unpaired) electrons. The van der Waals surface area contributed by atoms with Crippen LogP contribution >= 0.6 is 0 Å². The molecule has 92 valence electrons. The van der Waals surface area contributed by atoms with E-state index in [1.165, 1.54) is 44.9 Å².